The van der Waals surface area contributed by atoms with E-state index in [2.05, 4.69) is 39.0 Å². The van der Waals surface area contributed by atoms with Crippen molar-refractivity contribution in [1.82, 2.24) is 4.90 Å². The Balaban J connectivity index is 1.92. The van der Waals surface area contributed by atoms with Gasteiger partial charge in [0, 0.05) is 12.1 Å². The van der Waals surface area contributed by atoms with Crippen LogP contribution in [0.2, 0.25) is 0 Å². The minimum atomic E-state index is -0.456. The highest BCUT2D eigenvalue weighted by molar-refractivity contribution is 5.68. The summed E-state index contributed by atoms with van der Waals surface area (Å²) < 4.78 is 11.4. The van der Waals surface area contributed by atoms with E-state index >= 15 is 0 Å². The van der Waals surface area contributed by atoms with Crippen LogP contribution in [0.3, 0.4) is 0 Å². The first-order valence-electron chi connectivity index (χ1n) is 12.7. The fraction of sp³-hybridized carbons (Fsp3) is 0.552. The van der Waals surface area contributed by atoms with E-state index in [4.69, 9.17) is 9.47 Å². The maximum atomic E-state index is 12.5. The maximum absolute atomic E-state index is 12.5. The number of methoxy groups -OCH3 is 1. The molecular formula is C29H41NO4. The average Bonchev–Trinajstić information content (AvgIpc) is 2.85. The van der Waals surface area contributed by atoms with Crippen molar-refractivity contribution < 1.29 is 19.4 Å². The zero-order valence-electron chi connectivity index (χ0n) is 21.3. The van der Waals surface area contributed by atoms with Crippen molar-refractivity contribution in [3.8, 4) is 5.75 Å². The summed E-state index contributed by atoms with van der Waals surface area (Å²) in [7, 11) is 1.40. The number of benzene rings is 2. The number of hydrogen-bond donors (Lipinski definition) is 1. The van der Waals surface area contributed by atoms with Gasteiger partial charge in [0.15, 0.2) is 0 Å². The number of unbranched alkanes of at least 4 members (excludes halogenated alkanes) is 3. The summed E-state index contributed by atoms with van der Waals surface area (Å²) in [4.78, 5) is 14.2. The van der Waals surface area contributed by atoms with Gasteiger partial charge in [0.1, 0.15) is 12.4 Å². The number of ether oxygens (including phenoxy) is 2. The number of nitrogens with zero attached hydrogens (tertiary/aromatic N) is 1. The molecule has 1 amide bonds. The Kier molecular flexibility index (Phi) is 9.40. The van der Waals surface area contributed by atoms with Crippen molar-refractivity contribution in [1.29, 1.82) is 0 Å². The molecule has 2 aromatic rings. The third-order valence-corrected chi connectivity index (χ3v) is 7.03. The lowest BCUT2D eigenvalue weighted by atomic mass is 9.79. The van der Waals surface area contributed by atoms with Crippen LogP contribution in [0.5, 0.6) is 5.75 Å². The van der Waals surface area contributed by atoms with Gasteiger partial charge in [-0.2, -0.15) is 0 Å². The Bertz CT molecular complexity index is 912. The molecule has 1 saturated heterocycles. The molecule has 2 atom stereocenters. The topological polar surface area (TPSA) is 59.0 Å². The van der Waals surface area contributed by atoms with Crippen LogP contribution in [0, 0.1) is 0 Å². The number of rotatable bonds is 10. The van der Waals surface area contributed by atoms with Crippen molar-refractivity contribution in [3.63, 3.8) is 0 Å². The Morgan fingerprint density at radius 1 is 1.12 bits per heavy atom. The fourth-order valence-electron chi connectivity index (χ4n) is 4.81. The van der Waals surface area contributed by atoms with E-state index < -0.39 is 6.10 Å². The summed E-state index contributed by atoms with van der Waals surface area (Å²) in [5.74, 6) is 0.774. The molecule has 1 aliphatic rings. The molecule has 1 heterocycles. The lowest BCUT2D eigenvalue weighted by Crippen LogP contribution is -2.42. The largest absolute Gasteiger partial charge is 0.489 e. The van der Waals surface area contributed by atoms with Crippen molar-refractivity contribution in [2.45, 2.75) is 89.9 Å². The molecule has 3 rings (SSSR count). The summed E-state index contributed by atoms with van der Waals surface area (Å²) in [6, 6.07) is 16.2. The van der Waals surface area contributed by atoms with Gasteiger partial charge in [0.25, 0.3) is 0 Å². The number of hydrogen-bond acceptors (Lipinski definition) is 4. The summed E-state index contributed by atoms with van der Waals surface area (Å²) in [6.45, 7) is 7.73. The second-order valence-corrected chi connectivity index (χ2v) is 10.1. The predicted octanol–water partition coefficient (Wildman–Crippen LogP) is 6.78. The van der Waals surface area contributed by atoms with Crippen molar-refractivity contribution >= 4 is 6.09 Å². The standard InChI is InChI=1S/C29H41NO4/c1-5-6-7-11-17-29(2,3)23-14-15-25(26-20-24(31)16-18-30(26)28(32)33-4)27(19-23)34-21-22-12-9-8-10-13-22/h8-10,12-15,19,24,26,31H,5-7,11,16-18,20-21H2,1-4H3/t24-,26+/m1/s1. The van der Waals surface area contributed by atoms with Crippen LogP contribution < -0.4 is 4.74 Å². The molecule has 0 aliphatic carbocycles. The van der Waals surface area contributed by atoms with E-state index in [1.807, 2.05) is 30.3 Å². The summed E-state index contributed by atoms with van der Waals surface area (Å²) in [5.41, 5.74) is 3.26. The van der Waals surface area contributed by atoms with Crippen molar-refractivity contribution in [2.75, 3.05) is 13.7 Å². The second-order valence-electron chi connectivity index (χ2n) is 10.1. The molecule has 1 fully saturated rings. The first-order chi connectivity index (χ1) is 16.4. The fourth-order valence-corrected chi connectivity index (χ4v) is 4.81. The molecule has 34 heavy (non-hydrogen) atoms. The van der Waals surface area contributed by atoms with Crippen LogP contribution in [0.4, 0.5) is 4.79 Å². The molecule has 0 bridgehead atoms. The molecule has 0 radical (unpaired) electrons. The number of amides is 1. The zero-order valence-corrected chi connectivity index (χ0v) is 21.3. The number of likely N-dealkylation sites (tertiary alicyclic amines) is 1. The molecule has 1 N–H and O–H groups in total. The Hall–Kier alpha value is -2.53. The molecule has 0 spiro atoms. The Labute approximate surface area is 205 Å². The quantitative estimate of drug-likeness (QED) is 0.391. The summed E-state index contributed by atoms with van der Waals surface area (Å²) in [6.07, 6.45) is 6.27. The molecular weight excluding hydrogens is 426 g/mol. The number of piperidine rings is 1. The summed E-state index contributed by atoms with van der Waals surface area (Å²) >= 11 is 0. The van der Waals surface area contributed by atoms with Crippen LogP contribution >= 0.6 is 0 Å². The monoisotopic (exact) mass is 467 g/mol. The van der Waals surface area contributed by atoms with E-state index in [9.17, 15) is 9.90 Å². The van der Waals surface area contributed by atoms with Gasteiger partial charge >= 0.3 is 6.09 Å². The molecule has 0 aromatic heterocycles. The first-order valence-corrected chi connectivity index (χ1v) is 12.7. The zero-order chi connectivity index (χ0) is 24.6. The highest BCUT2D eigenvalue weighted by atomic mass is 16.5. The van der Waals surface area contributed by atoms with Gasteiger partial charge in [-0.05, 0) is 41.9 Å². The molecule has 1 aliphatic heterocycles. The van der Waals surface area contributed by atoms with E-state index in [-0.39, 0.29) is 17.6 Å². The van der Waals surface area contributed by atoms with Crippen LogP contribution in [-0.2, 0) is 16.8 Å². The van der Waals surface area contributed by atoms with E-state index in [0.717, 1.165) is 23.3 Å². The van der Waals surface area contributed by atoms with E-state index in [0.29, 0.717) is 26.0 Å². The van der Waals surface area contributed by atoms with E-state index in [1.54, 1.807) is 4.90 Å². The molecule has 0 unspecified atom stereocenters. The first kappa shape index (κ1) is 26.1. The average molecular weight is 468 g/mol. The third-order valence-electron chi connectivity index (χ3n) is 7.03. The molecule has 5 heteroatoms. The molecule has 186 valence electrons. The highest BCUT2D eigenvalue weighted by Gasteiger charge is 2.35. The van der Waals surface area contributed by atoms with Crippen molar-refractivity contribution in [2.24, 2.45) is 0 Å². The number of aliphatic hydroxyl groups excluding tert-OH is 1. The van der Waals surface area contributed by atoms with Gasteiger partial charge in [0.05, 0.1) is 19.3 Å². The van der Waals surface area contributed by atoms with Crippen LogP contribution in [0.1, 0.15) is 88.4 Å². The third kappa shape index (κ3) is 6.75. The highest BCUT2D eigenvalue weighted by Crippen LogP contribution is 2.40. The van der Waals surface area contributed by atoms with Gasteiger partial charge in [0.2, 0.25) is 0 Å². The van der Waals surface area contributed by atoms with Crippen LogP contribution in [-0.4, -0.2) is 35.9 Å². The minimum absolute atomic E-state index is 0.0191. The second kappa shape index (κ2) is 12.3. The predicted molar refractivity (Wildman–Crippen MR) is 136 cm³/mol. The summed E-state index contributed by atoms with van der Waals surface area (Å²) in [5, 5.41) is 10.4. The van der Waals surface area contributed by atoms with Gasteiger partial charge in [-0.15, -0.1) is 0 Å². The lowest BCUT2D eigenvalue weighted by Gasteiger charge is -2.38. The maximum Gasteiger partial charge on any atom is 0.410 e. The number of aliphatic hydroxyl groups is 1. The number of carbonyl (C=O) groups excluding carboxylic acids is 1. The Morgan fingerprint density at radius 2 is 1.88 bits per heavy atom. The molecule has 0 saturated carbocycles. The van der Waals surface area contributed by atoms with Gasteiger partial charge in [-0.25, -0.2) is 4.79 Å². The van der Waals surface area contributed by atoms with E-state index in [1.165, 1.54) is 38.4 Å². The Morgan fingerprint density at radius 3 is 2.59 bits per heavy atom. The normalized spacial score (nSPS) is 18.6. The molecule has 2 aromatic carbocycles. The number of carbonyl (C=O) groups is 1. The lowest BCUT2D eigenvalue weighted by molar-refractivity contribution is 0.0347. The minimum Gasteiger partial charge on any atom is -0.489 e. The molecule has 5 nitrogen and oxygen atoms in total. The smallest absolute Gasteiger partial charge is 0.410 e. The van der Waals surface area contributed by atoms with Gasteiger partial charge < -0.3 is 19.5 Å². The van der Waals surface area contributed by atoms with Crippen LogP contribution in [0.15, 0.2) is 48.5 Å². The SMILES string of the molecule is CCCCCCC(C)(C)c1ccc([C@@H]2C[C@H](O)CCN2C(=O)OC)c(OCc2ccccc2)c1. The van der Waals surface area contributed by atoms with Gasteiger partial charge in [-0.1, -0.05) is 88.9 Å². The van der Waals surface area contributed by atoms with Crippen molar-refractivity contribution in [3.05, 3.63) is 65.2 Å². The van der Waals surface area contributed by atoms with Gasteiger partial charge in [-0.3, -0.25) is 0 Å². The van der Waals surface area contributed by atoms with Crippen LogP contribution in [0.25, 0.3) is 0 Å².